The van der Waals surface area contributed by atoms with E-state index in [9.17, 15) is 9.82 Å². The number of esters is 1. The molecule has 4 nitrogen and oxygen atoms in total. The molecule has 150 valence electrons. The highest BCUT2D eigenvalue weighted by atomic mass is 16.5. The molecule has 0 fully saturated rings. The third kappa shape index (κ3) is 7.14. The Labute approximate surface area is 169 Å². The summed E-state index contributed by atoms with van der Waals surface area (Å²) in [5.41, 5.74) is 3.57. The van der Waals surface area contributed by atoms with Gasteiger partial charge in [-0.1, -0.05) is 61.4 Å². The zero-order chi connectivity index (χ0) is 20.4. The molecule has 0 bridgehead atoms. The Morgan fingerprint density at radius 2 is 1.71 bits per heavy atom. The molecule has 0 aromatic heterocycles. The molecular weight excluding hydrogens is 351 g/mol. The van der Waals surface area contributed by atoms with Crippen LogP contribution in [-0.2, 0) is 20.7 Å². The van der Waals surface area contributed by atoms with Crippen LogP contribution in [0, 0.1) is 11.8 Å². The van der Waals surface area contributed by atoms with Crippen LogP contribution in [-0.4, -0.2) is 38.2 Å². The van der Waals surface area contributed by atoms with Crippen molar-refractivity contribution in [2.45, 2.75) is 32.9 Å². The maximum absolute atomic E-state index is 12.2. The Bertz CT molecular complexity index is 700. The van der Waals surface area contributed by atoms with Gasteiger partial charge in [-0.15, -0.1) is 0 Å². The van der Waals surface area contributed by atoms with E-state index in [1.807, 2.05) is 25.1 Å². The van der Waals surface area contributed by atoms with E-state index >= 15 is 0 Å². The average molecular weight is 382 g/mol. The zero-order valence-corrected chi connectivity index (χ0v) is 17.1. The van der Waals surface area contributed by atoms with Crippen LogP contribution in [0.15, 0.2) is 54.6 Å². The lowest BCUT2D eigenvalue weighted by Crippen LogP contribution is -2.27. The Morgan fingerprint density at radius 3 is 2.29 bits per heavy atom. The number of carbonyl (C=O) groups excluding carboxylic acids is 1. The van der Waals surface area contributed by atoms with Gasteiger partial charge in [-0.25, -0.2) is 0 Å². The van der Waals surface area contributed by atoms with Crippen LogP contribution in [0.2, 0.25) is 13.1 Å². The van der Waals surface area contributed by atoms with Crippen molar-refractivity contribution in [3.05, 3.63) is 60.2 Å². The normalized spacial score (nSPS) is 13.0. The van der Waals surface area contributed by atoms with Crippen molar-refractivity contribution in [3.8, 4) is 11.1 Å². The van der Waals surface area contributed by atoms with Gasteiger partial charge in [-0.3, -0.25) is 4.79 Å². The van der Waals surface area contributed by atoms with E-state index in [1.54, 1.807) is 13.9 Å². The summed E-state index contributed by atoms with van der Waals surface area (Å²) >= 11 is 0. The molecule has 28 heavy (non-hydrogen) atoms. The standard InChI is InChI=1S/C23H31BO4/c1-4-28-23(25)22(17-27-3)15-19(16-24(2)26)14-18-10-12-21(13-11-18)20-8-6-5-7-9-20/h5-13,19,22,26H,4,14-17H2,1-3H3/t19-,22+/m1/s1. The first-order valence-corrected chi connectivity index (χ1v) is 10.0. The molecule has 2 aromatic rings. The van der Waals surface area contributed by atoms with Crippen molar-refractivity contribution in [1.82, 2.24) is 0 Å². The van der Waals surface area contributed by atoms with Crippen LogP contribution in [0.4, 0.5) is 0 Å². The zero-order valence-electron chi connectivity index (χ0n) is 17.1. The van der Waals surface area contributed by atoms with E-state index in [2.05, 4.69) is 36.4 Å². The van der Waals surface area contributed by atoms with Gasteiger partial charge in [-0.2, -0.15) is 0 Å². The molecule has 2 rings (SSSR count). The predicted octanol–water partition coefficient (Wildman–Crippen LogP) is 4.34. The molecular formula is C23H31BO4. The smallest absolute Gasteiger partial charge is 0.311 e. The van der Waals surface area contributed by atoms with Gasteiger partial charge in [0.25, 0.3) is 6.92 Å². The highest BCUT2D eigenvalue weighted by Gasteiger charge is 2.26. The Balaban J connectivity index is 2.09. The molecule has 2 atom stereocenters. The van der Waals surface area contributed by atoms with E-state index in [-0.39, 0.29) is 17.8 Å². The van der Waals surface area contributed by atoms with Gasteiger partial charge in [0.05, 0.1) is 19.1 Å². The quantitative estimate of drug-likeness (QED) is 0.464. The van der Waals surface area contributed by atoms with Crippen LogP contribution in [0.5, 0.6) is 0 Å². The molecule has 0 unspecified atom stereocenters. The third-order valence-electron chi connectivity index (χ3n) is 4.87. The minimum absolute atomic E-state index is 0.173. The molecule has 0 saturated carbocycles. The number of ether oxygens (including phenoxy) is 2. The van der Waals surface area contributed by atoms with Crippen molar-refractivity contribution in [2.24, 2.45) is 11.8 Å². The summed E-state index contributed by atoms with van der Waals surface area (Å²) in [7, 11) is 1.60. The molecule has 2 aromatic carbocycles. The molecule has 0 aliphatic heterocycles. The van der Waals surface area contributed by atoms with Gasteiger partial charge in [0, 0.05) is 7.11 Å². The highest BCUT2D eigenvalue weighted by molar-refractivity contribution is 6.48. The number of rotatable bonds is 11. The highest BCUT2D eigenvalue weighted by Crippen LogP contribution is 2.26. The summed E-state index contributed by atoms with van der Waals surface area (Å²) in [6.07, 6.45) is 2.08. The van der Waals surface area contributed by atoms with Crippen molar-refractivity contribution >= 4 is 12.9 Å². The second-order valence-corrected chi connectivity index (χ2v) is 7.36. The van der Waals surface area contributed by atoms with E-state index in [0.29, 0.717) is 26.0 Å². The fraction of sp³-hybridized carbons (Fsp3) is 0.435. The monoisotopic (exact) mass is 382 g/mol. The van der Waals surface area contributed by atoms with Crippen LogP contribution in [0.1, 0.15) is 18.9 Å². The minimum atomic E-state index is -0.418. The average Bonchev–Trinajstić information content (AvgIpc) is 2.68. The summed E-state index contributed by atoms with van der Waals surface area (Å²) in [5, 5.41) is 9.93. The minimum Gasteiger partial charge on any atom is -0.466 e. The van der Waals surface area contributed by atoms with Gasteiger partial charge in [-0.05, 0) is 48.7 Å². The molecule has 1 N–H and O–H groups in total. The fourth-order valence-electron chi connectivity index (χ4n) is 3.64. The van der Waals surface area contributed by atoms with Crippen LogP contribution in [0.25, 0.3) is 11.1 Å². The molecule has 0 radical (unpaired) electrons. The van der Waals surface area contributed by atoms with E-state index in [4.69, 9.17) is 9.47 Å². The number of carbonyl (C=O) groups is 1. The number of benzene rings is 2. The van der Waals surface area contributed by atoms with E-state index in [0.717, 1.165) is 6.42 Å². The van der Waals surface area contributed by atoms with Crippen LogP contribution >= 0.6 is 0 Å². The van der Waals surface area contributed by atoms with Crippen molar-refractivity contribution < 1.29 is 19.3 Å². The summed E-state index contributed by atoms with van der Waals surface area (Å²) in [5.74, 6) is -0.358. The first-order chi connectivity index (χ1) is 13.5. The van der Waals surface area contributed by atoms with Crippen molar-refractivity contribution in [3.63, 3.8) is 0 Å². The third-order valence-corrected chi connectivity index (χ3v) is 4.87. The van der Waals surface area contributed by atoms with Crippen LogP contribution < -0.4 is 0 Å². The maximum atomic E-state index is 12.2. The fourth-order valence-corrected chi connectivity index (χ4v) is 3.64. The lowest BCUT2D eigenvalue weighted by atomic mass is 9.62. The summed E-state index contributed by atoms with van der Waals surface area (Å²) < 4.78 is 10.4. The van der Waals surface area contributed by atoms with E-state index < -0.39 is 6.92 Å². The SMILES string of the molecule is CCOC(=O)[C@H](COC)C[C@H](CB(C)O)Cc1ccc(-c2ccccc2)cc1. The van der Waals surface area contributed by atoms with Gasteiger partial charge in [0.15, 0.2) is 0 Å². The molecule has 0 heterocycles. The topological polar surface area (TPSA) is 55.8 Å². The van der Waals surface area contributed by atoms with Crippen LogP contribution in [0.3, 0.4) is 0 Å². The predicted molar refractivity (Wildman–Crippen MR) is 114 cm³/mol. The lowest BCUT2D eigenvalue weighted by molar-refractivity contribution is -0.150. The number of hydrogen-bond donors (Lipinski definition) is 1. The van der Waals surface area contributed by atoms with Gasteiger partial charge in [0.1, 0.15) is 0 Å². The van der Waals surface area contributed by atoms with Gasteiger partial charge < -0.3 is 14.5 Å². The van der Waals surface area contributed by atoms with E-state index in [1.165, 1.54) is 16.7 Å². The second-order valence-electron chi connectivity index (χ2n) is 7.36. The summed E-state index contributed by atoms with van der Waals surface area (Å²) in [6.45, 7) is 3.88. The van der Waals surface area contributed by atoms with Crippen molar-refractivity contribution in [2.75, 3.05) is 20.3 Å². The summed E-state index contributed by atoms with van der Waals surface area (Å²) in [6, 6.07) is 18.8. The van der Waals surface area contributed by atoms with Gasteiger partial charge in [0.2, 0.25) is 0 Å². The lowest BCUT2D eigenvalue weighted by Gasteiger charge is -2.23. The molecule has 0 spiro atoms. The maximum Gasteiger partial charge on any atom is 0.311 e. The second kappa shape index (κ2) is 11.7. The Kier molecular flexibility index (Phi) is 9.25. The Morgan fingerprint density at radius 1 is 1.07 bits per heavy atom. The first kappa shape index (κ1) is 22.2. The van der Waals surface area contributed by atoms with Crippen molar-refractivity contribution in [1.29, 1.82) is 0 Å². The largest absolute Gasteiger partial charge is 0.466 e. The first-order valence-electron chi connectivity index (χ1n) is 10.0. The number of methoxy groups -OCH3 is 1. The Hall–Kier alpha value is -2.11. The molecule has 0 amide bonds. The molecule has 0 aliphatic rings. The summed E-state index contributed by atoms with van der Waals surface area (Å²) in [4.78, 5) is 12.2. The molecule has 0 aliphatic carbocycles. The molecule has 0 saturated heterocycles. The number of hydrogen-bond acceptors (Lipinski definition) is 4. The van der Waals surface area contributed by atoms with Gasteiger partial charge >= 0.3 is 5.97 Å². The molecule has 5 heteroatoms.